The highest BCUT2D eigenvalue weighted by atomic mass is 79.9. The van der Waals surface area contributed by atoms with Crippen molar-refractivity contribution in [1.29, 1.82) is 0 Å². The van der Waals surface area contributed by atoms with Gasteiger partial charge in [-0.2, -0.15) is 0 Å². The fraction of sp³-hybridized carbons (Fsp3) is 0.263. The van der Waals surface area contributed by atoms with Crippen LogP contribution in [0.2, 0.25) is 5.02 Å². The van der Waals surface area contributed by atoms with Gasteiger partial charge in [0.2, 0.25) is 0 Å². The quantitative estimate of drug-likeness (QED) is 0.530. The molecule has 1 aromatic heterocycles. The largest absolute Gasteiger partial charge is 0.494 e. The zero-order valence-corrected chi connectivity index (χ0v) is 16.5. The van der Waals surface area contributed by atoms with E-state index in [9.17, 15) is 9.59 Å². The Labute approximate surface area is 163 Å². The summed E-state index contributed by atoms with van der Waals surface area (Å²) in [5.74, 6) is 0.103. The molecule has 136 valence electrons. The Morgan fingerprint density at radius 3 is 2.62 bits per heavy atom. The first-order valence-corrected chi connectivity index (χ1v) is 9.35. The molecule has 3 aromatic rings. The smallest absolute Gasteiger partial charge is 0.422 e. The van der Waals surface area contributed by atoms with Gasteiger partial charge in [0.25, 0.3) is 0 Å². The van der Waals surface area contributed by atoms with Gasteiger partial charge >= 0.3 is 11.4 Å². The number of benzene rings is 2. The molecule has 0 radical (unpaired) electrons. The molecule has 0 aliphatic rings. The Kier molecular flexibility index (Phi) is 5.84. The van der Waals surface area contributed by atoms with Crippen LogP contribution in [-0.4, -0.2) is 11.2 Å². The van der Waals surface area contributed by atoms with Crippen LogP contribution in [-0.2, 0) is 6.54 Å². The molecule has 0 bridgehead atoms. The van der Waals surface area contributed by atoms with Crippen LogP contribution in [0.5, 0.6) is 5.75 Å². The highest BCUT2D eigenvalue weighted by Crippen LogP contribution is 2.23. The predicted molar refractivity (Wildman–Crippen MR) is 105 cm³/mol. The van der Waals surface area contributed by atoms with E-state index in [1.165, 1.54) is 4.57 Å². The second-order valence-electron chi connectivity index (χ2n) is 5.96. The van der Waals surface area contributed by atoms with E-state index in [0.29, 0.717) is 40.0 Å². The lowest BCUT2D eigenvalue weighted by Gasteiger charge is -2.11. The first kappa shape index (κ1) is 18.7. The molecule has 0 aliphatic heterocycles. The number of hydrogen-bond donors (Lipinski definition) is 0. The average Bonchev–Trinajstić information content (AvgIpc) is 2.59. The summed E-state index contributed by atoms with van der Waals surface area (Å²) in [4.78, 5) is 24.1. The van der Waals surface area contributed by atoms with Crippen molar-refractivity contribution in [1.82, 2.24) is 4.57 Å². The molecule has 1 heterocycles. The van der Waals surface area contributed by atoms with Crippen LogP contribution in [0.4, 0.5) is 0 Å². The third kappa shape index (κ3) is 4.19. The Morgan fingerprint density at radius 2 is 1.88 bits per heavy atom. The summed E-state index contributed by atoms with van der Waals surface area (Å²) in [6, 6.07) is 10.8. The van der Waals surface area contributed by atoms with Crippen molar-refractivity contribution in [3.63, 3.8) is 0 Å². The molecule has 0 atom stereocenters. The van der Waals surface area contributed by atoms with E-state index < -0.39 is 11.4 Å². The van der Waals surface area contributed by atoms with E-state index in [-0.39, 0.29) is 0 Å². The highest BCUT2D eigenvalue weighted by molar-refractivity contribution is 9.10. The lowest BCUT2D eigenvalue weighted by molar-refractivity contribution is 0.301. The zero-order valence-electron chi connectivity index (χ0n) is 14.1. The van der Waals surface area contributed by atoms with Crippen LogP contribution < -0.4 is 16.1 Å². The molecule has 0 saturated carbocycles. The molecule has 0 aliphatic carbocycles. The van der Waals surface area contributed by atoms with Gasteiger partial charge in [0, 0.05) is 16.0 Å². The van der Waals surface area contributed by atoms with Gasteiger partial charge in [0.15, 0.2) is 0 Å². The van der Waals surface area contributed by atoms with Gasteiger partial charge in [-0.15, -0.1) is 0 Å². The van der Waals surface area contributed by atoms with Crippen molar-refractivity contribution < 1.29 is 9.15 Å². The van der Waals surface area contributed by atoms with Crippen LogP contribution in [0, 0.1) is 6.92 Å². The van der Waals surface area contributed by atoms with Crippen LogP contribution in [0.3, 0.4) is 0 Å². The summed E-state index contributed by atoms with van der Waals surface area (Å²) in [6.45, 7) is 2.84. The number of aromatic nitrogens is 1. The van der Waals surface area contributed by atoms with Crippen LogP contribution >= 0.6 is 27.5 Å². The normalized spacial score (nSPS) is 11.0. The average molecular weight is 439 g/mol. The number of unbranched alkanes of at least 4 members (excludes halogenated alkanes) is 1. The Bertz CT molecular complexity index is 1040. The Hall–Kier alpha value is -2.05. The van der Waals surface area contributed by atoms with Crippen molar-refractivity contribution in [3.05, 3.63) is 72.4 Å². The molecule has 0 unspecified atom stereocenters. The molecule has 0 spiro atoms. The fourth-order valence-electron chi connectivity index (χ4n) is 2.74. The topological polar surface area (TPSA) is 61.4 Å². The first-order chi connectivity index (χ1) is 12.5. The summed E-state index contributed by atoms with van der Waals surface area (Å²) in [7, 11) is 0. The summed E-state index contributed by atoms with van der Waals surface area (Å²) >= 11 is 9.29. The van der Waals surface area contributed by atoms with E-state index in [1.807, 2.05) is 25.1 Å². The minimum Gasteiger partial charge on any atom is -0.494 e. The molecule has 0 saturated heterocycles. The van der Waals surface area contributed by atoms with Gasteiger partial charge in [0.05, 0.1) is 17.5 Å². The van der Waals surface area contributed by atoms with Crippen molar-refractivity contribution in [3.8, 4) is 5.75 Å². The van der Waals surface area contributed by atoms with E-state index in [1.54, 1.807) is 18.2 Å². The predicted octanol–water partition coefficient (Wildman–Crippen LogP) is 4.54. The molecular weight excluding hydrogens is 422 g/mol. The highest BCUT2D eigenvalue weighted by Gasteiger charge is 2.13. The van der Waals surface area contributed by atoms with E-state index >= 15 is 0 Å². The second kappa shape index (κ2) is 8.10. The summed E-state index contributed by atoms with van der Waals surface area (Å²) < 4.78 is 12.7. The van der Waals surface area contributed by atoms with Gasteiger partial charge in [-0.05, 0) is 77.7 Å². The zero-order chi connectivity index (χ0) is 18.7. The van der Waals surface area contributed by atoms with Gasteiger partial charge < -0.3 is 9.15 Å². The maximum Gasteiger partial charge on any atom is 0.422 e. The molecule has 0 fully saturated rings. The lowest BCUT2D eigenvalue weighted by atomic mass is 10.1. The third-order valence-electron chi connectivity index (χ3n) is 3.96. The van der Waals surface area contributed by atoms with Crippen molar-refractivity contribution in [2.24, 2.45) is 0 Å². The van der Waals surface area contributed by atoms with Crippen LogP contribution in [0.25, 0.3) is 10.9 Å². The van der Waals surface area contributed by atoms with Crippen molar-refractivity contribution in [2.45, 2.75) is 26.3 Å². The Balaban J connectivity index is 1.70. The van der Waals surface area contributed by atoms with Gasteiger partial charge in [-0.25, -0.2) is 9.59 Å². The fourth-order valence-corrected chi connectivity index (χ4v) is 3.66. The maximum atomic E-state index is 12.1. The first-order valence-electron chi connectivity index (χ1n) is 8.18. The van der Waals surface area contributed by atoms with Gasteiger partial charge in [0.1, 0.15) is 5.75 Å². The summed E-state index contributed by atoms with van der Waals surface area (Å²) in [6.07, 6.45) is 1.45. The number of nitrogens with zero attached hydrogens (tertiary/aromatic N) is 1. The van der Waals surface area contributed by atoms with E-state index in [0.717, 1.165) is 17.7 Å². The molecule has 0 amide bonds. The molecule has 0 N–H and O–H groups in total. The molecular formula is C19H17BrClNO4. The molecule has 5 nitrogen and oxygen atoms in total. The number of rotatable bonds is 6. The summed E-state index contributed by atoms with van der Waals surface area (Å²) in [5.41, 5.74) is 0.866. The second-order valence-corrected chi connectivity index (χ2v) is 7.25. The number of hydrogen-bond acceptors (Lipinski definition) is 4. The van der Waals surface area contributed by atoms with Gasteiger partial charge in [-0.1, -0.05) is 11.6 Å². The number of fused-ring (bicyclic) bond motifs is 1. The minimum atomic E-state index is -0.648. The van der Waals surface area contributed by atoms with E-state index in [4.69, 9.17) is 20.8 Å². The van der Waals surface area contributed by atoms with Crippen molar-refractivity contribution >= 4 is 38.4 Å². The number of aryl methyl sites for hydroxylation is 2. The molecule has 3 rings (SSSR count). The van der Waals surface area contributed by atoms with Gasteiger partial charge in [-0.3, -0.25) is 4.57 Å². The molecule has 26 heavy (non-hydrogen) atoms. The maximum absolute atomic E-state index is 12.1. The molecule has 2 aromatic carbocycles. The standard InChI is InChI=1S/C19H17BrClNO4/c1-12-10-15-17(16(20)11-12)22(19(24)26-18(15)23)8-2-3-9-25-14-6-4-13(21)5-7-14/h4-7,10-11H,2-3,8-9H2,1H3. The van der Waals surface area contributed by atoms with Crippen LogP contribution in [0.15, 0.2) is 54.9 Å². The minimum absolute atomic E-state index is 0.397. The third-order valence-corrected chi connectivity index (χ3v) is 4.81. The van der Waals surface area contributed by atoms with E-state index in [2.05, 4.69) is 15.9 Å². The SMILES string of the molecule is Cc1cc(Br)c2c(c1)c(=O)oc(=O)n2CCCCOc1ccc(Cl)cc1. The van der Waals surface area contributed by atoms with Crippen LogP contribution in [0.1, 0.15) is 18.4 Å². The molecule has 7 heteroatoms. The summed E-state index contributed by atoms with van der Waals surface area (Å²) in [5, 5.41) is 1.06. The monoisotopic (exact) mass is 437 g/mol. The Morgan fingerprint density at radius 1 is 1.15 bits per heavy atom. The lowest BCUT2D eigenvalue weighted by Crippen LogP contribution is -2.25. The van der Waals surface area contributed by atoms with Crippen molar-refractivity contribution in [2.75, 3.05) is 6.61 Å². The number of halogens is 2. The number of ether oxygens (including phenoxy) is 1.